The summed E-state index contributed by atoms with van der Waals surface area (Å²) in [6.07, 6.45) is 4.88. The summed E-state index contributed by atoms with van der Waals surface area (Å²) in [5, 5.41) is 3.66. The Morgan fingerprint density at radius 1 is 1.00 bits per heavy atom. The molecular weight excluding hydrogens is 322 g/mol. The Balaban J connectivity index is 1.37. The zero-order valence-corrected chi connectivity index (χ0v) is 14.5. The van der Waals surface area contributed by atoms with E-state index in [2.05, 4.69) is 62.1 Å². The minimum atomic E-state index is 0.408. The maximum absolute atomic E-state index is 4.86. The summed E-state index contributed by atoms with van der Waals surface area (Å²) < 4.78 is 2.11. The third-order valence-corrected chi connectivity index (χ3v) is 5.12. The lowest BCUT2D eigenvalue weighted by Crippen LogP contribution is -2.26. The average Bonchev–Trinajstić information content (AvgIpc) is 3.33. The molecule has 1 saturated heterocycles. The standard InChI is InChI=1S/C21H21N5/c1-2-6-16(7-3-1)13-25-11-10-17(14-25)23-21-20-12-22-15-26(20)19-9-5-4-8-18(19)24-21/h1-9,12,15,17H,10-11,13-14H2,(H,23,24). The Hall–Kier alpha value is -2.92. The van der Waals surface area contributed by atoms with E-state index in [-0.39, 0.29) is 0 Å². The maximum Gasteiger partial charge on any atom is 0.153 e. The van der Waals surface area contributed by atoms with Gasteiger partial charge in [-0.2, -0.15) is 0 Å². The number of hydrogen-bond donors (Lipinski definition) is 1. The van der Waals surface area contributed by atoms with Crippen LogP contribution in [0.5, 0.6) is 0 Å². The first-order chi connectivity index (χ1) is 12.9. The highest BCUT2D eigenvalue weighted by Crippen LogP contribution is 2.24. The number of para-hydroxylation sites is 2. The van der Waals surface area contributed by atoms with Crippen LogP contribution < -0.4 is 5.32 Å². The molecule has 0 aliphatic carbocycles. The van der Waals surface area contributed by atoms with Gasteiger partial charge in [0.25, 0.3) is 0 Å². The molecule has 1 aliphatic heterocycles. The number of rotatable bonds is 4. The first kappa shape index (κ1) is 15.3. The largest absolute Gasteiger partial charge is 0.364 e. The second-order valence-corrected chi connectivity index (χ2v) is 6.95. The van der Waals surface area contributed by atoms with Crippen molar-refractivity contribution in [1.82, 2.24) is 19.3 Å². The zero-order chi connectivity index (χ0) is 17.3. The molecule has 0 saturated carbocycles. The monoisotopic (exact) mass is 343 g/mol. The smallest absolute Gasteiger partial charge is 0.153 e. The van der Waals surface area contributed by atoms with Crippen LogP contribution in [0.25, 0.3) is 16.6 Å². The summed E-state index contributed by atoms with van der Waals surface area (Å²) in [4.78, 5) is 11.7. The Labute approximate surface area is 152 Å². The second kappa shape index (κ2) is 6.42. The summed E-state index contributed by atoms with van der Waals surface area (Å²) in [5.74, 6) is 0.924. The molecule has 2 aromatic carbocycles. The van der Waals surface area contributed by atoms with Gasteiger partial charge >= 0.3 is 0 Å². The van der Waals surface area contributed by atoms with Crippen molar-refractivity contribution in [2.24, 2.45) is 0 Å². The highest BCUT2D eigenvalue weighted by atomic mass is 15.2. The van der Waals surface area contributed by atoms with Crippen LogP contribution in [-0.2, 0) is 6.54 Å². The van der Waals surface area contributed by atoms with E-state index in [9.17, 15) is 0 Å². The Kier molecular flexibility index (Phi) is 3.79. The lowest BCUT2D eigenvalue weighted by atomic mass is 10.2. The van der Waals surface area contributed by atoms with Gasteiger partial charge in [-0.3, -0.25) is 9.30 Å². The summed E-state index contributed by atoms with van der Waals surface area (Å²) in [5.41, 5.74) is 4.47. The predicted octanol–water partition coefficient (Wildman–Crippen LogP) is 3.57. The van der Waals surface area contributed by atoms with E-state index < -0.39 is 0 Å². The number of imidazole rings is 1. The number of anilines is 1. The molecule has 130 valence electrons. The van der Waals surface area contributed by atoms with Gasteiger partial charge in [0.1, 0.15) is 5.52 Å². The van der Waals surface area contributed by atoms with Crippen LogP contribution in [0.3, 0.4) is 0 Å². The fourth-order valence-electron chi connectivity index (χ4n) is 3.84. The summed E-state index contributed by atoms with van der Waals surface area (Å²) in [7, 11) is 0. The number of aromatic nitrogens is 3. The number of fused-ring (bicyclic) bond motifs is 3. The van der Waals surface area contributed by atoms with E-state index in [1.807, 2.05) is 24.7 Å². The fraction of sp³-hybridized carbons (Fsp3) is 0.238. The second-order valence-electron chi connectivity index (χ2n) is 6.95. The molecule has 0 spiro atoms. The molecule has 26 heavy (non-hydrogen) atoms. The van der Waals surface area contributed by atoms with Gasteiger partial charge in [-0.05, 0) is 24.1 Å². The lowest BCUT2D eigenvalue weighted by molar-refractivity contribution is 0.328. The van der Waals surface area contributed by atoms with Crippen LogP contribution in [-0.4, -0.2) is 38.4 Å². The van der Waals surface area contributed by atoms with Crippen LogP contribution in [0.4, 0.5) is 5.82 Å². The minimum absolute atomic E-state index is 0.408. The molecule has 1 N–H and O–H groups in total. The van der Waals surface area contributed by atoms with Crippen molar-refractivity contribution in [3.8, 4) is 0 Å². The van der Waals surface area contributed by atoms with Crippen molar-refractivity contribution in [3.05, 3.63) is 72.7 Å². The van der Waals surface area contributed by atoms with Gasteiger partial charge in [0.05, 0.1) is 23.6 Å². The molecule has 1 aliphatic rings. The van der Waals surface area contributed by atoms with Crippen molar-refractivity contribution in [3.63, 3.8) is 0 Å². The van der Waals surface area contributed by atoms with Crippen molar-refractivity contribution in [1.29, 1.82) is 0 Å². The molecule has 5 rings (SSSR count). The van der Waals surface area contributed by atoms with Crippen LogP contribution in [0.15, 0.2) is 67.1 Å². The molecule has 1 fully saturated rings. The SMILES string of the molecule is c1ccc(CN2CCC(Nc3nc4ccccc4n4cncc34)C2)cc1. The summed E-state index contributed by atoms with van der Waals surface area (Å²) in [6, 6.07) is 19.3. The van der Waals surface area contributed by atoms with Gasteiger partial charge < -0.3 is 5.32 Å². The molecular formula is C21H21N5. The number of nitrogens with zero attached hydrogens (tertiary/aromatic N) is 4. The van der Waals surface area contributed by atoms with E-state index in [1.54, 1.807) is 0 Å². The van der Waals surface area contributed by atoms with Crippen LogP contribution in [0.2, 0.25) is 0 Å². The molecule has 3 heterocycles. The number of likely N-dealkylation sites (tertiary alicyclic amines) is 1. The third kappa shape index (κ3) is 2.80. The number of benzene rings is 2. The van der Waals surface area contributed by atoms with Crippen molar-refractivity contribution in [2.45, 2.75) is 19.0 Å². The van der Waals surface area contributed by atoms with Crippen LogP contribution >= 0.6 is 0 Å². The van der Waals surface area contributed by atoms with Gasteiger partial charge in [0.15, 0.2) is 5.82 Å². The third-order valence-electron chi connectivity index (χ3n) is 5.12. The minimum Gasteiger partial charge on any atom is -0.364 e. The first-order valence-electron chi connectivity index (χ1n) is 9.10. The number of nitrogens with one attached hydrogen (secondary N) is 1. The van der Waals surface area contributed by atoms with Crippen molar-refractivity contribution in [2.75, 3.05) is 18.4 Å². The van der Waals surface area contributed by atoms with Crippen LogP contribution in [0, 0.1) is 0 Å². The highest BCUT2D eigenvalue weighted by molar-refractivity contribution is 5.84. The van der Waals surface area contributed by atoms with Gasteiger partial charge in [-0.15, -0.1) is 0 Å². The molecule has 0 radical (unpaired) electrons. The van der Waals surface area contributed by atoms with E-state index in [1.165, 1.54) is 5.56 Å². The highest BCUT2D eigenvalue weighted by Gasteiger charge is 2.23. The summed E-state index contributed by atoms with van der Waals surface area (Å²) in [6.45, 7) is 3.14. The van der Waals surface area contributed by atoms with Gasteiger partial charge in [-0.1, -0.05) is 42.5 Å². The van der Waals surface area contributed by atoms with Gasteiger partial charge in [-0.25, -0.2) is 9.97 Å². The Morgan fingerprint density at radius 3 is 2.77 bits per heavy atom. The fourth-order valence-corrected chi connectivity index (χ4v) is 3.84. The van der Waals surface area contributed by atoms with Crippen LogP contribution in [0.1, 0.15) is 12.0 Å². The normalized spacial score (nSPS) is 17.9. The average molecular weight is 343 g/mol. The Morgan fingerprint density at radius 2 is 1.85 bits per heavy atom. The lowest BCUT2D eigenvalue weighted by Gasteiger charge is -2.18. The molecule has 5 nitrogen and oxygen atoms in total. The number of hydrogen-bond acceptors (Lipinski definition) is 4. The molecule has 2 aromatic heterocycles. The van der Waals surface area contributed by atoms with Gasteiger partial charge in [0.2, 0.25) is 0 Å². The van der Waals surface area contributed by atoms with Crippen molar-refractivity contribution >= 4 is 22.4 Å². The molecule has 5 heteroatoms. The van der Waals surface area contributed by atoms with E-state index in [0.29, 0.717) is 6.04 Å². The molecule has 0 bridgehead atoms. The van der Waals surface area contributed by atoms with E-state index in [0.717, 1.165) is 48.4 Å². The zero-order valence-electron chi connectivity index (χ0n) is 14.5. The maximum atomic E-state index is 4.86. The summed E-state index contributed by atoms with van der Waals surface area (Å²) >= 11 is 0. The predicted molar refractivity (Wildman–Crippen MR) is 104 cm³/mol. The molecule has 1 atom stereocenters. The van der Waals surface area contributed by atoms with E-state index >= 15 is 0 Å². The first-order valence-corrected chi connectivity index (χ1v) is 9.10. The molecule has 0 amide bonds. The van der Waals surface area contributed by atoms with E-state index in [4.69, 9.17) is 4.98 Å². The topological polar surface area (TPSA) is 45.5 Å². The van der Waals surface area contributed by atoms with Gasteiger partial charge in [0, 0.05) is 25.7 Å². The van der Waals surface area contributed by atoms with Crippen molar-refractivity contribution < 1.29 is 0 Å². The quantitative estimate of drug-likeness (QED) is 0.615. The molecule has 4 aromatic rings. The Bertz CT molecular complexity index is 1040. The molecule has 1 unspecified atom stereocenters.